The Balaban J connectivity index is 1.87. The van der Waals surface area contributed by atoms with Crippen molar-refractivity contribution in [3.63, 3.8) is 0 Å². The molecule has 0 bridgehead atoms. The predicted molar refractivity (Wildman–Crippen MR) is 133 cm³/mol. The van der Waals surface area contributed by atoms with Gasteiger partial charge in [0.1, 0.15) is 23.2 Å². The summed E-state index contributed by atoms with van der Waals surface area (Å²) < 4.78 is 0. The summed E-state index contributed by atoms with van der Waals surface area (Å²) in [6.07, 6.45) is 9.33. The molecule has 0 unspecified atom stereocenters. The van der Waals surface area contributed by atoms with Gasteiger partial charge in [-0.2, -0.15) is 0 Å². The van der Waals surface area contributed by atoms with Crippen LogP contribution in [-0.2, 0) is 0 Å². The highest BCUT2D eigenvalue weighted by Crippen LogP contribution is 2.55. The standard InChI is InChI=1S/C28H36P/c1-3-25(2)17-9-4-5-16-24-29(26-18-10-6-11-19-26,27-20-12-7-13-21-27)28-22-14-8-15-23-28/h6-8,10-15,18-23,25H,3-5,9,16-17,24H2,1-2H3/q+1/t25-/m1/s1. The van der Waals surface area contributed by atoms with Crippen molar-refractivity contribution in [1.29, 1.82) is 0 Å². The van der Waals surface area contributed by atoms with Crippen LogP contribution in [0.3, 0.4) is 0 Å². The molecule has 0 aliphatic heterocycles. The van der Waals surface area contributed by atoms with Gasteiger partial charge in [-0.25, -0.2) is 0 Å². The molecule has 0 N–H and O–H groups in total. The third-order valence-electron chi connectivity index (χ3n) is 6.23. The molecular weight excluding hydrogens is 367 g/mol. The summed E-state index contributed by atoms with van der Waals surface area (Å²) in [6.45, 7) is 4.69. The number of hydrogen-bond acceptors (Lipinski definition) is 0. The van der Waals surface area contributed by atoms with Crippen molar-refractivity contribution >= 4 is 23.2 Å². The van der Waals surface area contributed by atoms with Gasteiger partial charge in [-0.05, 0) is 55.2 Å². The number of unbranched alkanes of at least 4 members (excludes halogenated alkanes) is 3. The summed E-state index contributed by atoms with van der Waals surface area (Å²) >= 11 is 0. The number of hydrogen-bond donors (Lipinski definition) is 0. The number of benzene rings is 3. The average Bonchev–Trinajstić information content (AvgIpc) is 2.80. The van der Waals surface area contributed by atoms with Crippen molar-refractivity contribution in [3.05, 3.63) is 91.0 Å². The zero-order chi connectivity index (χ0) is 20.4. The molecule has 0 amide bonds. The fourth-order valence-corrected chi connectivity index (χ4v) is 8.69. The van der Waals surface area contributed by atoms with E-state index in [1.807, 2.05) is 0 Å². The van der Waals surface area contributed by atoms with E-state index in [0.29, 0.717) is 0 Å². The number of rotatable bonds is 11. The van der Waals surface area contributed by atoms with Crippen molar-refractivity contribution in [3.8, 4) is 0 Å². The van der Waals surface area contributed by atoms with E-state index in [4.69, 9.17) is 0 Å². The maximum absolute atomic E-state index is 2.39. The monoisotopic (exact) mass is 403 g/mol. The summed E-state index contributed by atoms with van der Waals surface area (Å²) in [5, 5.41) is 4.53. The van der Waals surface area contributed by atoms with Crippen molar-refractivity contribution in [2.24, 2.45) is 5.92 Å². The lowest BCUT2D eigenvalue weighted by Crippen LogP contribution is -2.33. The molecule has 0 spiro atoms. The summed E-state index contributed by atoms with van der Waals surface area (Å²) in [5.74, 6) is 0.875. The van der Waals surface area contributed by atoms with Crippen LogP contribution in [0, 0.1) is 5.92 Å². The van der Waals surface area contributed by atoms with Crippen LogP contribution < -0.4 is 15.9 Å². The van der Waals surface area contributed by atoms with Gasteiger partial charge in [0.05, 0.1) is 6.16 Å². The van der Waals surface area contributed by atoms with Crippen LogP contribution >= 0.6 is 7.26 Å². The molecule has 3 rings (SSSR count). The first-order chi connectivity index (χ1) is 14.3. The molecule has 0 radical (unpaired) electrons. The first-order valence-corrected chi connectivity index (χ1v) is 13.3. The molecule has 0 heterocycles. The Bertz CT molecular complexity index is 714. The molecular formula is C28H36P+. The zero-order valence-corrected chi connectivity index (χ0v) is 19.0. The molecule has 0 nitrogen and oxygen atoms in total. The minimum atomic E-state index is -1.63. The Morgan fingerprint density at radius 3 is 1.41 bits per heavy atom. The van der Waals surface area contributed by atoms with Gasteiger partial charge in [0.25, 0.3) is 0 Å². The summed E-state index contributed by atoms with van der Waals surface area (Å²) in [5.41, 5.74) is 0. The van der Waals surface area contributed by atoms with Gasteiger partial charge < -0.3 is 0 Å². The molecule has 152 valence electrons. The summed E-state index contributed by atoms with van der Waals surface area (Å²) in [4.78, 5) is 0. The third-order valence-corrected chi connectivity index (χ3v) is 10.8. The molecule has 0 fully saturated rings. The van der Waals surface area contributed by atoms with Crippen LogP contribution in [-0.4, -0.2) is 6.16 Å². The predicted octanol–water partition coefficient (Wildman–Crippen LogP) is 6.98. The van der Waals surface area contributed by atoms with Crippen LogP contribution in [0.5, 0.6) is 0 Å². The maximum atomic E-state index is 2.39. The lowest BCUT2D eigenvalue weighted by molar-refractivity contribution is 0.477. The molecule has 3 aromatic rings. The van der Waals surface area contributed by atoms with Gasteiger partial charge in [0, 0.05) is 0 Å². The van der Waals surface area contributed by atoms with E-state index in [1.54, 1.807) is 0 Å². The van der Waals surface area contributed by atoms with Crippen LogP contribution in [0.2, 0.25) is 0 Å². The topological polar surface area (TPSA) is 0 Å². The largest absolute Gasteiger partial charge is 0.112 e. The normalized spacial score (nSPS) is 12.6. The lowest BCUT2D eigenvalue weighted by atomic mass is 10.0. The van der Waals surface area contributed by atoms with Crippen LogP contribution in [0.1, 0.15) is 52.4 Å². The van der Waals surface area contributed by atoms with Crippen molar-refractivity contribution in [2.75, 3.05) is 6.16 Å². The van der Waals surface area contributed by atoms with Gasteiger partial charge >= 0.3 is 0 Å². The maximum Gasteiger partial charge on any atom is 0.112 e. The van der Waals surface area contributed by atoms with Gasteiger partial charge in [-0.3, -0.25) is 0 Å². The van der Waals surface area contributed by atoms with E-state index in [2.05, 4.69) is 105 Å². The molecule has 0 aromatic heterocycles. The van der Waals surface area contributed by atoms with E-state index < -0.39 is 7.26 Å². The molecule has 0 aliphatic rings. The lowest BCUT2D eigenvalue weighted by Gasteiger charge is -2.27. The SMILES string of the molecule is CC[C@@H](C)CCCCCC[P+](c1ccccc1)(c1ccccc1)c1ccccc1. The van der Waals surface area contributed by atoms with Crippen molar-refractivity contribution < 1.29 is 0 Å². The van der Waals surface area contributed by atoms with E-state index >= 15 is 0 Å². The first kappa shape index (κ1) is 21.8. The van der Waals surface area contributed by atoms with Crippen molar-refractivity contribution in [1.82, 2.24) is 0 Å². The molecule has 3 aromatic carbocycles. The minimum absolute atomic E-state index is 0.875. The zero-order valence-electron chi connectivity index (χ0n) is 18.1. The van der Waals surface area contributed by atoms with E-state index in [0.717, 1.165) is 5.92 Å². The highest BCUT2D eigenvalue weighted by molar-refractivity contribution is 7.95. The second-order valence-electron chi connectivity index (χ2n) is 8.26. The third kappa shape index (κ3) is 5.58. The molecule has 1 heteroatoms. The average molecular weight is 404 g/mol. The molecule has 0 saturated heterocycles. The Labute approximate surface area is 178 Å². The smallest absolute Gasteiger partial charge is 0.0651 e. The Hall–Kier alpha value is -1.91. The summed E-state index contributed by atoms with van der Waals surface area (Å²) in [6, 6.07) is 33.8. The van der Waals surface area contributed by atoms with Crippen LogP contribution in [0.25, 0.3) is 0 Å². The molecule has 0 saturated carbocycles. The first-order valence-electron chi connectivity index (χ1n) is 11.3. The highest BCUT2D eigenvalue weighted by Gasteiger charge is 2.44. The van der Waals surface area contributed by atoms with Gasteiger partial charge in [-0.1, -0.05) is 94.1 Å². The second-order valence-corrected chi connectivity index (χ2v) is 11.9. The van der Waals surface area contributed by atoms with Crippen LogP contribution in [0.15, 0.2) is 91.0 Å². The summed E-state index contributed by atoms with van der Waals surface area (Å²) in [7, 11) is -1.63. The van der Waals surface area contributed by atoms with Gasteiger partial charge in [-0.15, -0.1) is 0 Å². The van der Waals surface area contributed by atoms with E-state index in [9.17, 15) is 0 Å². The van der Waals surface area contributed by atoms with E-state index in [-0.39, 0.29) is 0 Å². The Morgan fingerprint density at radius 1 is 0.586 bits per heavy atom. The van der Waals surface area contributed by atoms with E-state index in [1.165, 1.54) is 60.6 Å². The quantitative estimate of drug-likeness (QED) is 0.239. The molecule has 1 atom stereocenters. The Morgan fingerprint density at radius 2 is 1.00 bits per heavy atom. The second kappa shape index (κ2) is 11.3. The van der Waals surface area contributed by atoms with Gasteiger partial charge in [0.2, 0.25) is 0 Å². The highest BCUT2D eigenvalue weighted by atomic mass is 31.2. The van der Waals surface area contributed by atoms with Crippen molar-refractivity contribution in [2.45, 2.75) is 52.4 Å². The fraction of sp³-hybridized carbons (Fsp3) is 0.357. The fourth-order valence-electron chi connectivity index (χ4n) is 4.28. The van der Waals surface area contributed by atoms with Gasteiger partial charge in [0.15, 0.2) is 0 Å². The Kier molecular flexibility index (Phi) is 8.51. The minimum Gasteiger partial charge on any atom is -0.0651 e. The van der Waals surface area contributed by atoms with Crippen LogP contribution in [0.4, 0.5) is 0 Å². The molecule has 0 aliphatic carbocycles. The molecule has 29 heavy (non-hydrogen) atoms.